The fraction of sp³-hybridized carbons (Fsp3) is 0.357. The van der Waals surface area contributed by atoms with Gasteiger partial charge in [0, 0.05) is 18.0 Å². The molecule has 0 N–H and O–H groups in total. The molecule has 3 nitrogen and oxygen atoms in total. The topological polar surface area (TPSA) is 47.0 Å². The number of hydrogen-bond acceptors (Lipinski definition) is 3. The summed E-state index contributed by atoms with van der Waals surface area (Å²) < 4.78 is 23.4. The average molecular weight is 265 g/mol. The van der Waals surface area contributed by atoms with Crippen molar-refractivity contribution in [3.05, 3.63) is 42.6 Å². The molecule has 1 heterocycles. The minimum absolute atomic E-state index is 0.118. The molecule has 1 aromatic rings. The maximum absolute atomic E-state index is 11.7. The van der Waals surface area contributed by atoms with Crippen LogP contribution in [0.25, 0.3) is 5.57 Å². The van der Waals surface area contributed by atoms with E-state index in [4.69, 9.17) is 0 Å². The summed E-state index contributed by atoms with van der Waals surface area (Å²) in [5.74, 6) is 0. The van der Waals surface area contributed by atoms with Crippen molar-refractivity contribution in [2.24, 2.45) is 0 Å². The van der Waals surface area contributed by atoms with Gasteiger partial charge in [-0.25, -0.2) is 13.4 Å². The molecular formula is C14H19NO2S. The summed E-state index contributed by atoms with van der Waals surface area (Å²) in [6.07, 6.45) is 9.45. The highest BCUT2D eigenvalue weighted by atomic mass is 32.2. The number of allylic oxidation sites excluding steroid dienone is 3. The van der Waals surface area contributed by atoms with Crippen molar-refractivity contribution in [2.45, 2.75) is 31.2 Å². The predicted molar refractivity (Wildman–Crippen MR) is 75.0 cm³/mol. The van der Waals surface area contributed by atoms with E-state index in [1.165, 1.54) is 12.5 Å². The summed E-state index contributed by atoms with van der Waals surface area (Å²) in [6, 6.07) is 3.50. The number of unbranched alkanes of at least 4 members (excludes halogenated alkanes) is 2. The van der Waals surface area contributed by atoms with E-state index in [0.717, 1.165) is 24.8 Å². The fourth-order valence-electron chi connectivity index (χ4n) is 1.67. The molecule has 18 heavy (non-hydrogen) atoms. The van der Waals surface area contributed by atoms with E-state index in [1.807, 2.05) is 6.08 Å². The first kappa shape index (κ1) is 14.6. The first-order chi connectivity index (χ1) is 8.50. The van der Waals surface area contributed by atoms with Crippen molar-refractivity contribution in [3.8, 4) is 0 Å². The van der Waals surface area contributed by atoms with Gasteiger partial charge in [-0.05, 0) is 24.1 Å². The van der Waals surface area contributed by atoms with Gasteiger partial charge in [-0.1, -0.05) is 38.5 Å². The Hall–Kier alpha value is -1.42. The summed E-state index contributed by atoms with van der Waals surface area (Å²) >= 11 is 0. The molecule has 0 aliphatic carbocycles. The third-order valence-corrected chi connectivity index (χ3v) is 3.60. The van der Waals surface area contributed by atoms with E-state index < -0.39 is 9.84 Å². The second-order valence-electron chi connectivity index (χ2n) is 4.13. The van der Waals surface area contributed by atoms with Gasteiger partial charge in [0.2, 0.25) is 0 Å². The molecule has 0 aliphatic rings. The van der Waals surface area contributed by atoms with Crippen LogP contribution >= 0.6 is 0 Å². The number of nitrogens with zero attached hydrogens (tertiary/aromatic N) is 1. The minimum atomic E-state index is -3.32. The number of pyridine rings is 1. The van der Waals surface area contributed by atoms with Crippen molar-refractivity contribution in [3.63, 3.8) is 0 Å². The quantitative estimate of drug-likeness (QED) is 0.586. The molecule has 0 radical (unpaired) electrons. The SMILES string of the molecule is C=CC(=CCCCC)c1cccnc1S(C)(=O)=O. The van der Waals surface area contributed by atoms with Crippen LogP contribution < -0.4 is 0 Å². The van der Waals surface area contributed by atoms with Crippen LogP contribution in [0, 0.1) is 0 Å². The van der Waals surface area contributed by atoms with Crippen molar-refractivity contribution in [1.29, 1.82) is 0 Å². The summed E-state index contributed by atoms with van der Waals surface area (Å²) in [5, 5.41) is 0.118. The molecule has 0 aliphatic heterocycles. The predicted octanol–water partition coefficient (Wildman–Crippen LogP) is 3.24. The van der Waals surface area contributed by atoms with Crippen molar-refractivity contribution < 1.29 is 8.42 Å². The maximum Gasteiger partial charge on any atom is 0.193 e. The molecule has 0 amide bonds. The van der Waals surface area contributed by atoms with Crippen LogP contribution in [0.2, 0.25) is 0 Å². The molecule has 1 rings (SSSR count). The Labute approximate surface area is 109 Å². The van der Waals surface area contributed by atoms with Gasteiger partial charge in [0.05, 0.1) is 0 Å². The highest BCUT2D eigenvalue weighted by molar-refractivity contribution is 7.90. The summed E-state index contributed by atoms with van der Waals surface area (Å²) in [5.41, 5.74) is 1.46. The summed E-state index contributed by atoms with van der Waals surface area (Å²) in [7, 11) is -3.32. The average Bonchev–Trinajstić information content (AvgIpc) is 2.34. The highest BCUT2D eigenvalue weighted by Gasteiger charge is 2.15. The number of hydrogen-bond donors (Lipinski definition) is 0. The van der Waals surface area contributed by atoms with Gasteiger partial charge < -0.3 is 0 Å². The third kappa shape index (κ3) is 3.81. The van der Waals surface area contributed by atoms with Gasteiger partial charge in [0.15, 0.2) is 14.9 Å². The lowest BCUT2D eigenvalue weighted by atomic mass is 10.1. The Morgan fingerprint density at radius 2 is 2.22 bits per heavy atom. The van der Waals surface area contributed by atoms with Gasteiger partial charge in [0.1, 0.15) is 0 Å². The maximum atomic E-state index is 11.7. The molecular weight excluding hydrogens is 246 g/mol. The van der Waals surface area contributed by atoms with Gasteiger partial charge in [-0.2, -0.15) is 0 Å². The zero-order valence-electron chi connectivity index (χ0n) is 10.9. The van der Waals surface area contributed by atoms with Crippen LogP contribution in [0.1, 0.15) is 31.7 Å². The monoisotopic (exact) mass is 265 g/mol. The van der Waals surface area contributed by atoms with Crippen LogP contribution in [0.3, 0.4) is 0 Å². The van der Waals surface area contributed by atoms with Crippen LogP contribution in [-0.4, -0.2) is 19.7 Å². The van der Waals surface area contributed by atoms with Crippen molar-refractivity contribution >= 4 is 15.4 Å². The van der Waals surface area contributed by atoms with E-state index in [9.17, 15) is 8.42 Å². The molecule has 0 atom stereocenters. The highest BCUT2D eigenvalue weighted by Crippen LogP contribution is 2.23. The van der Waals surface area contributed by atoms with Gasteiger partial charge in [-0.15, -0.1) is 0 Å². The lowest BCUT2D eigenvalue weighted by molar-refractivity contribution is 0.598. The Morgan fingerprint density at radius 3 is 2.78 bits per heavy atom. The summed E-state index contributed by atoms with van der Waals surface area (Å²) in [4.78, 5) is 3.97. The van der Waals surface area contributed by atoms with E-state index in [1.54, 1.807) is 18.2 Å². The Bertz CT molecular complexity index is 545. The first-order valence-corrected chi connectivity index (χ1v) is 7.88. The third-order valence-electron chi connectivity index (χ3n) is 2.58. The molecule has 0 saturated heterocycles. The second kappa shape index (κ2) is 6.50. The minimum Gasteiger partial charge on any atom is -0.244 e. The van der Waals surface area contributed by atoms with Crippen molar-refractivity contribution in [1.82, 2.24) is 4.98 Å². The molecule has 0 aromatic carbocycles. The van der Waals surface area contributed by atoms with E-state index in [-0.39, 0.29) is 5.03 Å². The lowest BCUT2D eigenvalue weighted by Gasteiger charge is -2.07. The molecule has 4 heteroatoms. The van der Waals surface area contributed by atoms with Crippen LogP contribution in [-0.2, 0) is 9.84 Å². The number of rotatable bonds is 6. The Balaban J connectivity index is 3.22. The molecule has 0 unspecified atom stereocenters. The van der Waals surface area contributed by atoms with E-state index in [2.05, 4.69) is 18.5 Å². The van der Waals surface area contributed by atoms with Crippen molar-refractivity contribution in [2.75, 3.05) is 6.26 Å². The number of aromatic nitrogens is 1. The molecule has 1 aromatic heterocycles. The smallest absolute Gasteiger partial charge is 0.193 e. The lowest BCUT2D eigenvalue weighted by Crippen LogP contribution is -2.04. The van der Waals surface area contributed by atoms with Crippen LogP contribution in [0.4, 0.5) is 0 Å². The largest absolute Gasteiger partial charge is 0.244 e. The fourth-order valence-corrected chi connectivity index (χ4v) is 2.51. The van der Waals surface area contributed by atoms with Crippen LogP contribution in [0.15, 0.2) is 42.1 Å². The van der Waals surface area contributed by atoms with Gasteiger partial charge >= 0.3 is 0 Å². The Kier molecular flexibility index (Phi) is 5.28. The van der Waals surface area contributed by atoms with Crippen LogP contribution in [0.5, 0.6) is 0 Å². The first-order valence-electron chi connectivity index (χ1n) is 5.98. The van der Waals surface area contributed by atoms with E-state index in [0.29, 0.717) is 5.56 Å². The zero-order chi connectivity index (χ0) is 13.6. The van der Waals surface area contributed by atoms with E-state index >= 15 is 0 Å². The molecule has 0 fully saturated rings. The molecule has 98 valence electrons. The summed E-state index contributed by atoms with van der Waals surface area (Å²) in [6.45, 7) is 5.87. The number of sulfone groups is 1. The molecule has 0 bridgehead atoms. The standard InChI is InChI=1S/C14H19NO2S/c1-4-6-7-9-12(5-2)13-10-8-11-15-14(13)18(3,16)17/h5,8-11H,2,4,6-7H2,1,3H3. The normalized spacial score (nSPS) is 12.4. The molecule has 0 spiro atoms. The van der Waals surface area contributed by atoms with Gasteiger partial charge in [-0.3, -0.25) is 0 Å². The molecule has 0 saturated carbocycles. The zero-order valence-corrected chi connectivity index (χ0v) is 11.7. The Morgan fingerprint density at radius 1 is 1.50 bits per heavy atom. The second-order valence-corrected chi connectivity index (χ2v) is 6.07. The van der Waals surface area contributed by atoms with Gasteiger partial charge in [0.25, 0.3) is 0 Å².